The summed E-state index contributed by atoms with van der Waals surface area (Å²) in [5.41, 5.74) is 2.75. The van der Waals surface area contributed by atoms with Gasteiger partial charge in [-0.25, -0.2) is 9.97 Å². The van der Waals surface area contributed by atoms with Crippen LogP contribution in [0.25, 0.3) is 0 Å². The molecular weight excluding hydrogens is 376 g/mol. The molecule has 0 radical (unpaired) electrons. The fourth-order valence-electron chi connectivity index (χ4n) is 2.51. The molecule has 1 heterocycles. The Morgan fingerprint density at radius 3 is 2.29 bits per heavy atom. The summed E-state index contributed by atoms with van der Waals surface area (Å²) in [5.74, 6) is 0.241. The van der Waals surface area contributed by atoms with Crippen LogP contribution in [0.15, 0.2) is 60.9 Å². The summed E-state index contributed by atoms with van der Waals surface area (Å²) < 4.78 is 0. The van der Waals surface area contributed by atoms with Crippen molar-refractivity contribution in [2.24, 2.45) is 0 Å². The lowest BCUT2D eigenvalue weighted by Gasteiger charge is -2.07. The van der Waals surface area contributed by atoms with Crippen LogP contribution in [0.4, 0.5) is 11.5 Å². The monoisotopic (exact) mass is 394 g/mol. The first kappa shape index (κ1) is 19.5. The molecule has 1 amide bonds. The molecule has 0 atom stereocenters. The lowest BCUT2D eigenvalue weighted by molar-refractivity contribution is 0.0948. The Morgan fingerprint density at radius 1 is 0.964 bits per heavy atom. The zero-order chi connectivity index (χ0) is 19.9. The number of rotatable bonds is 7. The van der Waals surface area contributed by atoms with Gasteiger partial charge in [0.2, 0.25) is 0 Å². The van der Waals surface area contributed by atoms with Gasteiger partial charge >= 0.3 is 0 Å². The number of ketones is 1. The van der Waals surface area contributed by atoms with E-state index in [2.05, 4.69) is 20.6 Å². The smallest absolute Gasteiger partial charge is 0.271 e. The Labute approximate surface area is 168 Å². The second-order valence-electron chi connectivity index (χ2n) is 6.18. The van der Waals surface area contributed by atoms with E-state index in [1.165, 1.54) is 19.3 Å². The number of hydrogen-bond acceptors (Lipinski definition) is 5. The number of carbonyl (C=O) groups is 2. The second kappa shape index (κ2) is 9.10. The van der Waals surface area contributed by atoms with Gasteiger partial charge in [0.1, 0.15) is 11.5 Å². The molecule has 0 bridgehead atoms. The van der Waals surface area contributed by atoms with Crippen molar-refractivity contribution >= 4 is 34.8 Å². The van der Waals surface area contributed by atoms with Crippen LogP contribution >= 0.6 is 11.6 Å². The predicted molar refractivity (Wildman–Crippen MR) is 109 cm³/mol. The van der Waals surface area contributed by atoms with E-state index in [1.54, 1.807) is 24.3 Å². The topological polar surface area (TPSA) is 84.0 Å². The SMILES string of the molecule is CC(=O)c1ccc(Nc2cnc(C(=O)NCCc3ccc(Cl)cc3)cn2)cc1. The number of halogens is 1. The van der Waals surface area contributed by atoms with Crippen molar-refractivity contribution in [2.75, 3.05) is 11.9 Å². The Balaban J connectivity index is 1.52. The molecule has 0 aliphatic carbocycles. The first-order valence-electron chi connectivity index (χ1n) is 8.74. The first-order valence-corrected chi connectivity index (χ1v) is 9.12. The van der Waals surface area contributed by atoms with Crippen LogP contribution in [0.1, 0.15) is 33.3 Å². The van der Waals surface area contributed by atoms with E-state index >= 15 is 0 Å². The van der Waals surface area contributed by atoms with Crippen LogP contribution in [0, 0.1) is 0 Å². The van der Waals surface area contributed by atoms with E-state index in [-0.39, 0.29) is 17.4 Å². The van der Waals surface area contributed by atoms with Gasteiger partial charge in [0.15, 0.2) is 5.78 Å². The molecule has 7 heteroatoms. The summed E-state index contributed by atoms with van der Waals surface area (Å²) in [5, 5.41) is 6.59. The highest BCUT2D eigenvalue weighted by molar-refractivity contribution is 6.30. The third-order valence-electron chi connectivity index (χ3n) is 4.06. The van der Waals surface area contributed by atoms with E-state index in [1.807, 2.05) is 24.3 Å². The Hall–Kier alpha value is -3.25. The zero-order valence-corrected chi connectivity index (χ0v) is 16.0. The average Bonchev–Trinajstić information content (AvgIpc) is 2.70. The van der Waals surface area contributed by atoms with Crippen molar-refractivity contribution in [1.82, 2.24) is 15.3 Å². The molecule has 0 aliphatic heterocycles. The van der Waals surface area contributed by atoms with Crippen molar-refractivity contribution in [1.29, 1.82) is 0 Å². The number of anilines is 2. The lowest BCUT2D eigenvalue weighted by atomic mass is 10.1. The van der Waals surface area contributed by atoms with Gasteiger partial charge in [0.25, 0.3) is 5.91 Å². The number of benzene rings is 2. The van der Waals surface area contributed by atoms with Gasteiger partial charge in [-0.3, -0.25) is 9.59 Å². The molecule has 0 fully saturated rings. The average molecular weight is 395 g/mol. The first-order chi connectivity index (χ1) is 13.5. The maximum absolute atomic E-state index is 12.2. The van der Waals surface area contributed by atoms with Crippen LogP contribution in [-0.2, 0) is 6.42 Å². The molecule has 0 aliphatic rings. The molecule has 3 rings (SSSR count). The number of amides is 1. The Kier molecular flexibility index (Phi) is 6.34. The lowest BCUT2D eigenvalue weighted by Crippen LogP contribution is -2.26. The fraction of sp³-hybridized carbons (Fsp3) is 0.143. The molecule has 1 aromatic heterocycles. The molecular formula is C21H19ClN4O2. The van der Waals surface area contributed by atoms with E-state index in [0.717, 1.165) is 11.3 Å². The summed E-state index contributed by atoms with van der Waals surface area (Å²) >= 11 is 5.86. The number of Topliss-reactive ketones (excluding diaryl/α,β-unsaturated/α-hetero) is 1. The van der Waals surface area contributed by atoms with Gasteiger partial charge in [0, 0.05) is 22.8 Å². The van der Waals surface area contributed by atoms with Crippen molar-refractivity contribution in [3.8, 4) is 0 Å². The molecule has 28 heavy (non-hydrogen) atoms. The summed E-state index contributed by atoms with van der Waals surface area (Å²) in [4.78, 5) is 31.8. The second-order valence-corrected chi connectivity index (χ2v) is 6.61. The minimum atomic E-state index is -0.279. The van der Waals surface area contributed by atoms with E-state index in [9.17, 15) is 9.59 Å². The van der Waals surface area contributed by atoms with Gasteiger partial charge in [-0.15, -0.1) is 0 Å². The molecule has 0 saturated heterocycles. The number of nitrogens with zero attached hydrogens (tertiary/aromatic N) is 2. The van der Waals surface area contributed by atoms with Crippen LogP contribution in [0.3, 0.4) is 0 Å². The largest absolute Gasteiger partial charge is 0.350 e. The van der Waals surface area contributed by atoms with Crippen LogP contribution in [0.5, 0.6) is 0 Å². The highest BCUT2D eigenvalue weighted by Crippen LogP contribution is 2.15. The van der Waals surface area contributed by atoms with Crippen molar-refractivity contribution < 1.29 is 9.59 Å². The van der Waals surface area contributed by atoms with Crippen molar-refractivity contribution in [2.45, 2.75) is 13.3 Å². The van der Waals surface area contributed by atoms with Crippen molar-refractivity contribution in [3.05, 3.63) is 82.8 Å². The zero-order valence-electron chi connectivity index (χ0n) is 15.3. The van der Waals surface area contributed by atoms with Crippen molar-refractivity contribution in [3.63, 3.8) is 0 Å². The summed E-state index contributed by atoms with van der Waals surface area (Å²) in [7, 11) is 0. The maximum atomic E-state index is 12.2. The molecule has 6 nitrogen and oxygen atoms in total. The molecule has 0 spiro atoms. The maximum Gasteiger partial charge on any atom is 0.271 e. The van der Waals surface area contributed by atoms with Crippen LogP contribution < -0.4 is 10.6 Å². The number of aromatic nitrogens is 2. The van der Waals surface area contributed by atoms with Gasteiger partial charge in [-0.2, -0.15) is 0 Å². The Morgan fingerprint density at radius 2 is 1.68 bits per heavy atom. The molecule has 3 aromatic rings. The number of hydrogen-bond donors (Lipinski definition) is 2. The molecule has 2 aromatic carbocycles. The Bertz CT molecular complexity index is 955. The molecule has 0 saturated carbocycles. The minimum absolute atomic E-state index is 0.0118. The fourth-order valence-corrected chi connectivity index (χ4v) is 2.63. The third kappa shape index (κ3) is 5.37. The molecule has 2 N–H and O–H groups in total. The van der Waals surface area contributed by atoms with Gasteiger partial charge in [-0.1, -0.05) is 23.7 Å². The number of carbonyl (C=O) groups excluding carboxylic acids is 2. The van der Waals surface area contributed by atoms with Crippen LogP contribution in [0.2, 0.25) is 5.02 Å². The summed E-state index contributed by atoms with van der Waals surface area (Å²) in [6.07, 6.45) is 3.61. The molecule has 142 valence electrons. The standard InChI is InChI=1S/C21H19ClN4O2/c1-14(27)16-4-8-18(9-5-16)26-20-13-24-19(12-25-20)21(28)23-11-10-15-2-6-17(22)7-3-15/h2-9,12-13H,10-11H2,1H3,(H,23,28)(H,25,26). The summed E-state index contributed by atoms with van der Waals surface area (Å²) in [6, 6.07) is 14.6. The van der Waals surface area contributed by atoms with Crippen LogP contribution in [-0.4, -0.2) is 28.2 Å². The van der Waals surface area contributed by atoms with E-state index < -0.39 is 0 Å². The highest BCUT2D eigenvalue weighted by Gasteiger charge is 2.08. The number of nitrogens with one attached hydrogen (secondary N) is 2. The van der Waals surface area contributed by atoms with Gasteiger partial charge < -0.3 is 10.6 Å². The van der Waals surface area contributed by atoms with Gasteiger partial charge in [0.05, 0.1) is 12.4 Å². The summed E-state index contributed by atoms with van der Waals surface area (Å²) in [6.45, 7) is 2.01. The third-order valence-corrected chi connectivity index (χ3v) is 4.31. The highest BCUT2D eigenvalue weighted by atomic mass is 35.5. The van der Waals surface area contributed by atoms with E-state index in [0.29, 0.717) is 29.4 Å². The minimum Gasteiger partial charge on any atom is -0.350 e. The predicted octanol–water partition coefficient (Wildman–Crippen LogP) is 4.05. The van der Waals surface area contributed by atoms with Gasteiger partial charge in [-0.05, 0) is 55.3 Å². The quantitative estimate of drug-likeness (QED) is 0.590. The normalized spacial score (nSPS) is 10.4. The van der Waals surface area contributed by atoms with E-state index in [4.69, 9.17) is 11.6 Å². The molecule has 0 unspecified atom stereocenters.